The third-order valence-electron chi connectivity index (χ3n) is 1.43. The number of halogens is 1. The summed E-state index contributed by atoms with van der Waals surface area (Å²) >= 11 is 0. The molecule has 0 aromatic heterocycles. The number of rotatable bonds is 2. The lowest BCUT2D eigenvalue weighted by Gasteiger charge is -1.95. The van der Waals surface area contributed by atoms with E-state index < -0.39 is 0 Å². The van der Waals surface area contributed by atoms with Crippen molar-refractivity contribution in [2.24, 2.45) is 0 Å². The highest BCUT2D eigenvalue weighted by Gasteiger charge is 1.91. The Labute approximate surface area is 83.0 Å². The highest BCUT2D eigenvalue weighted by atomic mass is 24.3. The SMILES string of the molecule is CCCc1cccc(F)c1.[Mg]. The van der Waals surface area contributed by atoms with E-state index in [2.05, 4.69) is 6.92 Å². The second-order valence-electron chi connectivity index (χ2n) is 2.38. The van der Waals surface area contributed by atoms with Crippen LogP contribution in [0.4, 0.5) is 4.39 Å². The van der Waals surface area contributed by atoms with Gasteiger partial charge in [0.05, 0.1) is 0 Å². The van der Waals surface area contributed by atoms with Gasteiger partial charge in [-0.15, -0.1) is 0 Å². The summed E-state index contributed by atoms with van der Waals surface area (Å²) in [5.41, 5.74) is 1.09. The van der Waals surface area contributed by atoms with Crippen molar-refractivity contribution in [3.63, 3.8) is 0 Å². The molecule has 1 aromatic carbocycles. The number of hydrogen-bond acceptors (Lipinski definition) is 0. The van der Waals surface area contributed by atoms with Crippen LogP contribution in [0.1, 0.15) is 18.9 Å². The van der Waals surface area contributed by atoms with E-state index in [0.29, 0.717) is 0 Å². The summed E-state index contributed by atoms with van der Waals surface area (Å²) in [6.45, 7) is 2.09. The molecule has 0 aliphatic heterocycles. The second-order valence-corrected chi connectivity index (χ2v) is 2.38. The third-order valence-corrected chi connectivity index (χ3v) is 1.43. The van der Waals surface area contributed by atoms with Crippen LogP contribution in [-0.4, -0.2) is 23.1 Å². The molecule has 0 fully saturated rings. The first kappa shape index (κ1) is 10.9. The third kappa shape index (κ3) is 3.72. The van der Waals surface area contributed by atoms with E-state index in [9.17, 15) is 4.39 Å². The van der Waals surface area contributed by atoms with Gasteiger partial charge in [0, 0.05) is 23.1 Å². The number of benzene rings is 1. The van der Waals surface area contributed by atoms with Crippen molar-refractivity contribution < 1.29 is 4.39 Å². The molecular formula is C9H11FMg. The summed E-state index contributed by atoms with van der Waals surface area (Å²) in [4.78, 5) is 0. The zero-order valence-electron chi connectivity index (χ0n) is 6.81. The summed E-state index contributed by atoms with van der Waals surface area (Å²) in [6.07, 6.45) is 2.04. The predicted octanol–water partition coefficient (Wildman–Crippen LogP) is 2.40. The lowest BCUT2D eigenvalue weighted by molar-refractivity contribution is 0.625. The number of aryl methyl sites for hydroxylation is 1. The van der Waals surface area contributed by atoms with Gasteiger partial charge in [-0.05, 0) is 24.1 Å². The van der Waals surface area contributed by atoms with Gasteiger partial charge in [-0.2, -0.15) is 0 Å². The van der Waals surface area contributed by atoms with Gasteiger partial charge in [-0.1, -0.05) is 25.5 Å². The molecule has 56 valence electrons. The second kappa shape index (κ2) is 5.55. The van der Waals surface area contributed by atoms with Crippen LogP contribution in [-0.2, 0) is 6.42 Å². The first-order valence-electron chi connectivity index (χ1n) is 3.57. The maximum Gasteiger partial charge on any atom is 0.123 e. The molecule has 0 aliphatic rings. The van der Waals surface area contributed by atoms with Crippen molar-refractivity contribution in [2.45, 2.75) is 19.8 Å². The summed E-state index contributed by atoms with van der Waals surface area (Å²) in [6, 6.07) is 6.76. The molecule has 0 nitrogen and oxygen atoms in total. The molecule has 0 bridgehead atoms. The maximum atomic E-state index is 12.5. The molecule has 0 saturated carbocycles. The summed E-state index contributed by atoms with van der Waals surface area (Å²) < 4.78 is 12.5. The van der Waals surface area contributed by atoms with Crippen LogP contribution in [0.15, 0.2) is 24.3 Å². The van der Waals surface area contributed by atoms with Gasteiger partial charge in [0.25, 0.3) is 0 Å². The molecule has 1 aromatic rings. The van der Waals surface area contributed by atoms with E-state index in [1.165, 1.54) is 6.07 Å². The quantitative estimate of drug-likeness (QED) is 0.586. The Morgan fingerprint density at radius 1 is 1.36 bits per heavy atom. The normalized spacial score (nSPS) is 8.91. The molecule has 0 aliphatic carbocycles. The Morgan fingerprint density at radius 3 is 2.64 bits per heavy atom. The van der Waals surface area contributed by atoms with E-state index in [1.54, 1.807) is 12.1 Å². The Balaban J connectivity index is 0.000001000. The van der Waals surface area contributed by atoms with Crippen LogP contribution in [0.5, 0.6) is 0 Å². The van der Waals surface area contributed by atoms with Crippen LogP contribution < -0.4 is 0 Å². The van der Waals surface area contributed by atoms with E-state index >= 15 is 0 Å². The summed E-state index contributed by atoms with van der Waals surface area (Å²) in [7, 11) is 0. The molecule has 0 spiro atoms. The van der Waals surface area contributed by atoms with Crippen LogP contribution in [0.2, 0.25) is 0 Å². The molecule has 0 unspecified atom stereocenters. The fraction of sp³-hybridized carbons (Fsp3) is 0.333. The highest BCUT2D eigenvalue weighted by molar-refractivity contribution is 5.75. The van der Waals surface area contributed by atoms with E-state index in [-0.39, 0.29) is 28.9 Å². The minimum Gasteiger partial charge on any atom is -0.207 e. The topological polar surface area (TPSA) is 0 Å². The van der Waals surface area contributed by atoms with Gasteiger partial charge in [-0.3, -0.25) is 0 Å². The van der Waals surface area contributed by atoms with E-state index in [0.717, 1.165) is 18.4 Å². The lowest BCUT2D eigenvalue weighted by atomic mass is 10.1. The standard InChI is InChI=1S/C9H11F.Mg/c1-2-4-8-5-3-6-9(10)7-8;/h3,5-7H,2,4H2,1H3;. The monoisotopic (exact) mass is 162 g/mol. The highest BCUT2D eigenvalue weighted by Crippen LogP contribution is 2.05. The van der Waals surface area contributed by atoms with Crippen molar-refractivity contribution in [1.82, 2.24) is 0 Å². The maximum absolute atomic E-state index is 12.5. The number of hydrogen-bond donors (Lipinski definition) is 0. The van der Waals surface area contributed by atoms with Crippen LogP contribution >= 0.6 is 0 Å². The van der Waals surface area contributed by atoms with Crippen molar-refractivity contribution >= 4 is 23.1 Å². The largest absolute Gasteiger partial charge is 0.207 e. The molecule has 0 atom stereocenters. The molecule has 2 heteroatoms. The van der Waals surface area contributed by atoms with Gasteiger partial charge in [0.2, 0.25) is 0 Å². The van der Waals surface area contributed by atoms with Crippen LogP contribution in [0.25, 0.3) is 0 Å². The minimum absolute atomic E-state index is 0. The summed E-state index contributed by atoms with van der Waals surface area (Å²) in [5, 5.41) is 0. The van der Waals surface area contributed by atoms with Crippen molar-refractivity contribution in [2.75, 3.05) is 0 Å². The molecule has 2 radical (unpaired) electrons. The first-order chi connectivity index (χ1) is 4.83. The predicted molar refractivity (Wildman–Crippen MR) is 46.1 cm³/mol. The summed E-state index contributed by atoms with van der Waals surface area (Å²) in [5.74, 6) is -0.133. The molecule has 0 N–H and O–H groups in total. The molecule has 11 heavy (non-hydrogen) atoms. The Morgan fingerprint density at radius 2 is 2.09 bits per heavy atom. The Bertz CT molecular complexity index is 210. The zero-order chi connectivity index (χ0) is 7.40. The van der Waals surface area contributed by atoms with Gasteiger partial charge in [-0.25, -0.2) is 4.39 Å². The molecule has 0 heterocycles. The van der Waals surface area contributed by atoms with Gasteiger partial charge < -0.3 is 0 Å². The average Bonchev–Trinajstić information content (AvgIpc) is 1.88. The van der Waals surface area contributed by atoms with Crippen LogP contribution in [0.3, 0.4) is 0 Å². The molecule has 1 rings (SSSR count). The van der Waals surface area contributed by atoms with Crippen molar-refractivity contribution in [3.8, 4) is 0 Å². The Kier molecular flexibility index (Phi) is 5.51. The molecule has 0 amide bonds. The van der Waals surface area contributed by atoms with E-state index in [1.807, 2.05) is 6.07 Å². The fourth-order valence-corrected chi connectivity index (χ4v) is 0.981. The average molecular weight is 162 g/mol. The van der Waals surface area contributed by atoms with Gasteiger partial charge in [0.1, 0.15) is 5.82 Å². The van der Waals surface area contributed by atoms with Crippen LogP contribution in [0, 0.1) is 5.82 Å². The Hall–Kier alpha value is -0.0838. The zero-order valence-corrected chi connectivity index (χ0v) is 8.22. The molecular weight excluding hydrogens is 151 g/mol. The van der Waals surface area contributed by atoms with Gasteiger partial charge in [0.15, 0.2) is 0 Å². The van der Waals surface area contributed by atoms with Crippen molar-refractivity contribution in [3.05, 3.63) is 35.6 Å². The van der Waals surface area contributed by atoms with E-state index in [4.69, 9.17) is 0 Å². The minimum atomic E-state index is -0.133. The smallest absolute Gasteiger partial charge is 0.123 e. The first-order valence-corrected chi connectivity index (χ1v) is 3.57. The van der Waals surface area contributed by atoms with Gasteiger partial charge >= 0.3 is 0 Å². The fourth-order valence-electron chi connectivity index (χ4n) is 0.981. The molecule has 0 saturated heterocycles. The van der Waals surface area contributed by atoms with Crippen molar-refractivity contribution in [1.29, 1.82) is 0 Å². The lowest BCUT2D eigenvalue weighted by Crippen LogP contribution is -1.82.